The van der Waals surface area contributed by atoms with E-state index in [0.29, 0.717) is 32.6 Å². The molecule has 7 nitrogen and oxygen atoms in total. The maximum Gasteiger partial charge on any atom is 0.279 e. The summed E-state index contributed by atoms with van der Waals surface area (Å²) in [5.41, 5.74) is 0. The Morgan fingerprint density at radius 1 is 1.20 bits per heavy atom. The maximum absolute atomic E-state index is 12.0. The summed E-state index contributed by atoms with van der Waals surface area (Å²) >= 11 is 0. The zero-order valence-electron chi connectivity index (χ0n) is 12.2. The highest BCUT2D eigenvalue weighted by molar-refractivity contribution is 7.87. The molecular weight excluding hydrogens is 278 g/mol. The van der Waals surface area contributed by atoms with Crippen LogP contribution in [0.25, 0.3) is 0 Å². The number of hydrogen-bond donors (Lipinski definition) is 1. The van der Waals surface area contributed by atoms with E-state index in [1.54, 1.807) is 4.31 Å². The van der Waals surface area contributed by atoms with E-state index in [1.807, 2.05) is 18.5 Å². The molecular formula is C12H23N5O2S. The predicted octanol–water partition coefficient (Wildman–Crippen LogP) is 0.605. The number of rotatable bonds is 6. The van der Waals surface area contributed by atoms with Gasteiger partial charge >= 0.3 is 0 Å². The van der Waals surface area contributed by atoms with E-state index in [0.717, 1.165) is 30.9 Å². The van der Waals surface area contributed by atoms with Crippen molar-refractivity contribution in [1.29, 1.82) is 0 Å². The molecule has 1 aliphatic heterocycles. The molecule has 20 heavy (non-hydrogen) atoms. The van der Waals surface area contributed by atoms with Crippen LogP contribution in [0.15, 0.2) is 0 Å². The average Bonchev–Trinajstić information content (AvgIpc) is 2.74. The molecule has 1 aliphatic rings. The minimum absolute atomic E-state index is 0.428. The smallest absolute Gasteiger partial charge is 0.250 e. The molecule has 0 aromatic carbocycles. The van der Waals surface area contributed by atoms with Crippen molar-refractivity contribution in [2.45, 2.75) is 46.1 Å². The summed E-state index contributed by atoms with van der Waals surface area (Å²) < 4.78 is 30.1. The molecule has 114 valence electrons. The molecule has 0 atom stereocenters. The van der Waals surface area contributed by atoms with Gasteiger partial charge in [-0.15, -0.1) is 0 Å². The molecule has 0 spiro atoms. The zero-order chi connectivity index (χ0) is 14.6. The Morgan fingerprint density at radius 3 is 2.50 bits per heavy atom. The SMILES string of the molecule is Cc1nc(C)n(CCCNS(=O)(=O)N2CCCCC2)n1. The van der Waals surface area contributed by atoms with Crippen LogP contribution >= 0.6 is 0 Å². The summed E-state index contributed by atoms with van der Waals surface area (Å²) in [6, 6.07) is 0. The molecule has 8 heteroatoms. The monoisotopic (exact) mass is 301 g/mol. The fourth-order valence-electron chi connectivity index (χ4n) is 2.40. The summed E-state index contributed by atoms with van der Waals surface area (Å²) in [6.07, 6.45) is 3.74. The first kappa shape index (κ1) is 15.4. The van der Waals surface area contributed by atoms with Crippen molar-refractivity contribution in [3.05, 3.63) is 11.6 Å². The van der Waals surface area contributed by atoms with Gasteiger partial charge in [-0.3, -0.25) is 4.68 Å². The number of aryl methyl sites for hydroxylation is 3. The molecule has 1 fully saturated rings. The van der Waals surface area contributed by atoms with Crippen molar-refractivity contribution >= 4 is 10.2 Å². The Kier molecular flexibility index (Phi) is 5.11. The van der Waals surface area contributed by atoms with Crippen LogP contribution in [0, 0.1) is 13.8 Å². The second-order valence-electron chi connectivity index (χ2n) is 5.14. The van der Waals surface area contributed by atoms with Crippen LogP contribution in [-0.2, 0) is 16.8 Å². The second kappa shape index (κ2) is 6.64. The van der Waals surface area contributed by atoms with Crippen molar-refractivity contribution in [1.82, 2.24) is 23.8 Å². The second-order valence-corrected chi connectivity index (χ2v) is 6.90. The van der Waals surface area contributed by atoms with Crippen molar-refractivity contribution in [3.63, 3.8) is 0 Å². The lowest BCUT2D eigenvalue weighted by Crippen LogP contribution is -2.43. The first-order chi connectivity index (χ1) is 9.49. The summed E-state index contributed by atoms with van der Waals surface area (Å²) in [5.74, 6) is 1.61. The minimum atomic E-state index is -3.30. The highest BCUT2D eigenvalue weighted by Crippen LogP contribution is 2.11. The summed E-state index contributed by atoms with van der Waals surface area (Å²) in [4.78, 5) is 4.22. The maximum atomic E-state index is 12.0. The average molecular weight is 301 g/mol. The first-order valence-electron chi connectivity index (χ1n) is 7.12. The molecule has 2 heterocycles. The Hall–Kier alpha value is -0.990. The molecule has 1 aromatic rings. The van der Waals surface area contributed by atoms with E-state index < -0.39 is 10.2 Å². The van der Waals surface area contributed by atoms with Crippen LogP contribution in [0.2, 0.25) is 0 Å². The van der Waals surface area contributed by atoms with Crippen molar-refractivity contribution in [2.75, 3.05) is 19.6 Å². The summed E-state index contributed by atoms with van der Waals surface area (Å²) in [5, 5.41) is 4.25. The Bertz CT molecular complexity index is 534. The van der Waals surface area contributed by atoms with Crippen LogP contribution in [-0.4, -0.2) is 47.1 Å². The van der Waals surface area contributed by atoms with Gasteiger partial charge in [0.05, 0.1) is 0 Å². The predicted molar refractivity (Wildman–Crippen MR) is 76.5 cm³/mol. The number of nitrogens with zero attached hydrogens (tertiary/aromatic N) is 4. The van der Waals surface area contributed by atoms with E-state index in [9.17, 15) is 8.42 Å². The van der Waals surface area contributed by atoms with Gasteiger partial charge in [-0.1, -0.05) is 6.42 Å². The van der Waals surface area contributed by atoms with Crippen molar-refractivity contribution in [2.24, 2.45) is 0 Å². The van der Waals surface area contributed by atoms with Crippen molar-refractivity contribution < 1.29 is 8.42 Å². The van der Waals surface area contributed by atoms with Crippen LogP contribution in [0.1, 0.15) is 37.3 Å². The number of aromatic nitrogens is 3. The molecule has 2 rings (SSSR count). The highest BCUT2D eigenvalue weighted by Gasteiger charge is 2.22. The zero-order valence-corrected chi connectivity index (χ0v) is 13.0. The number of nitrogens with one attached hydrogen (secondary N) is 1. The lowest BCUT2D eigenvalue weighted by Gasteiger charge is -2.25. The van der Waals surface area contributed by atoms with Crippen LogP contribution < -0.4 is 4.72 Å². The van der Waals surface area contributed by atoms with Gasteiger partial charge in [0.2, 0.25) is 0 Å². The van der Waals surface area contributed by atoms with Gasteiger partial charge in [0.15, 0.2) is 0 Å². The molecule has 1 N–H and O–H groups in total. The highest BCUT2D eigenvalue weighted by atomic mass is 32.2. The lowest BCUT2D eigenvalue weighted by atomic mass is 10.2. The van der Waals surface area contributed by atoms with Gasteiger partial charge in [-0.2, -0.15) is 17.8 Å². The topological polar surface area (TPSA) is 80.1 Å². The Morgan fingerprint density at radius 2 is 1.90 bits per heavy atom. The third-order valence-corrected chi connectivity index (χ3v) is 5.06. The van der Waals surface area contributed by atoms with Crippen LogP contribution in [0.4, 0.5) is 0 Å². The Labute approximate surface area is 120 Å². The lowest BCUT2D eigenvalue weighted by molar-refractivity contribution is 0.341. The third-order valence-electron chi connectivity index (χ3n) is 3.45. The third kappa shape index (κ3) is 4.00. The van der Waals surface area contributed by atoms with Gasteiger partial charge in [0.1, 0.15) is 11.6 Å². The fraction of sp³-hybridized carbons (Fsp3) is 0.833. The molecule has 1 saturated heterocycles. The van der Waals surface area contributed by atoms with Crippen LogP contribution in [0.5, 0.6) is 0 Å². The van der Waals surface area contributed by atoms with E-state index in [2.05, 4.69) is 14.8 Å². The summed E-state index contributed by atoms with van der Waals surface area (Å²) in [7, 11) is -3.30. The van der Waals surface area contributed by atoms with Gasteiger partial charge in [0.25, 0.3) is 10.2 Å². The van der Waals surface area contributed by atoms with Crippen molar-refractivity contribution in [3.8, 4) is 0 Å². The van der Waals surface area contributed by atoms with E-state index in [4.69, 9.17) is 0 Å². The fourth-order valence-corrected chi connectivity index (χ4v) is 3.72. The molecule has 1 aromatic heterocycles. The molecule has 0 unspecified atom stereocenters. The van der Waals surface area contributed by atoms with E-state index in [-0.39, 0.29) is 0 Å². The summed E-state index contributed by atoms with van der Waals surface area (Å²) in [6.45, 7) is 6.13. The quantitative estimate of drug-likeness (QED) is 0.781. The Balaban J connectivity index is 1.76. The molecule has 0 aliphatic carbocycles. The molecule has 0 bridgehead atoms. The van der Waals surface area contributed by atoms with E-state index >= 15 is 0 Å². The standard InChI is InChI=1S/C12H23N5O2S/c1-11-14-12(2)17(15-11)10-6-7-13-20(18,19)16-8-4-3-5-9-16/h13H,3-10H2,1-2H3. The molecule has 0 radical (unpaired) electrons. The largest absolute Gasteiger partial charge is 0.279 e. The van der Waals surface area contributed by atoms with E-state index in [1.165, 1.54) is 0 Å². The van der Waals surface area contributed by atoms with Gasteiger partial charge in [-0.25, -0.2) is 9.71 Å². The molecule has 0 amide bonds. The minimum Gasteiger partial charge on any atom is -0.250 e. The molecule has 0 saturated carbocycles. The van der Waals surface area contributed by atoms with Gasteiger partial charge in [-0.05, 0) is 33.1 Å². The number of hydrogen-bond acceptors (Lipinski definition) is 4. The van der Waals surface area contributed by atoms with Gasteiger partial charge in [0, 0.05) is 26.2 Å². The van der Waals surface area contributed by atoms with Gasteiger partial charge < -0.3 is 0 Å². The normalized spacial score (nSPS) is 17.5. The first-order valence-corrected chi connectivity index (χ1v) is 8.56. The van der Waals surface area contributed by atoms with Crippen LogP contribution in [0.3, 0.4) is 0 Å². The number of piperidine rings is 1.